The van der Waals surface area contributed by atoms with Crippen LogP contribution in [-0.4, -0.2) is 32.0 Å². The zero-order chi connectivity index (χ0) is 12.6. The normalized spacial score (nSPS) is 11.9. The van der Waals surface area contributed by atoms with E-state index in [1.165, 1.54) is 18.3 Å². The molecule has 2 aromatic heterocycles. The number of carboxylic acid groups (broad SMARTS) is 1. The first kappa shape index (κ1) is 11.4. The van der Waals surface area contributed by atoms with Gasteiger partial charge in [-0.1, -0.05) is 0 Å². The van der Waals surface area contributed by atoms with Crippen molar-refractivity contribution in [2.24, 2.45) is 0 Å². The number of hydrogen-bond donors (Lipinski definition) is 1. The van der Waals surface area contributed by atoms with Gasteiger partial charge in [-0.25, -0.2) is 14.5 Å². The molecule has 0 radical (unpaired) electrons. The van der Waals surface area contributed by atoms with Gasteiger partial charge in [0.2, 0.25) is 0 Å². The molecule has 0 aliphatic carbocycles. The van der Waals surface area contributed by atoms with E-state index in [0.717, 1.165) is 0 Å². The predicted octanol–water partition coefficient (Wildman–Crippen LogP) is 1.69. The smallest absolute Gasteiger partial charge is 0.408 e. The average Bonchev–Trinajstić information content (AvgIpc) is 2.55. The Hall–Kier alpha value is -2.12. The van der Waals surface area contributed by atoms with Crippen molar-refractivity contribution >= 4 is 17.0 Å². The predicted molar refractivity (Wildman–Crippen MR) is 50.5 cm³/mol. The zero-order valence-corrected chi connectivity index (χ0v) is 8.27. The van der Waals surface area contributed by atoms with Gasteiger partial charge in [-0.05, 0) is 12.1 Å². The van der Waals surface area contributed by atoms with E-state index in [-0.39, 0.29) is 11.0 Å². The van der Waals surface area contributed by atoms with E-state index in [1.54, 1.807) is 0 Å². The largest absolute Gasteiger partial charge is 0.476 e. The molecule has 0 atom stereocenters. The number of halogens is 3. The van der Waals surface area contributed by atoms with E-state index in [0.29, 0.717) is 4.68 Å². The summed E-state index contributed by atoms with van der Waals surface area (Å²) in [4.78, 5) is 14.5. The topological polar surface area (TPSA) is 68.0 Å². The molecular weight excluding hydrogens is 239 g/mol. The Kier molecular flexibility index (Phi) is 2.49. The van der Waals surface area contributed by atoms with Gasteiger partial charge < -0.3 is 5.11 Å². The molecule has 90 valence electrons. The minimum absolute atomic E-state index is 0.0873. The van der Waals surface area contributed by atoms with Crippen LogP contribution < -0.4 is 0 Å². The van der Waals surface area contributed by atoms with Crippen molar-refractivity contribution in [3.05, 3.63) is 24.0 Å². The third-order valence-electron chi connectivity index (χ3n) is 2.04. The Labute approximate surface area is 92.5 Å². The number of nitrogens with zero attached hydrogens (tertiary/aromatic N) is 3. The van der Waals surface area contributed by atoms with E-state index >= 15 is 0 Å². The number of carbonyl (C=O) groups is 1. The zero-order valence-electron chi connectivity index (χ0n) is 8.27. The second-order valence-corrected chi connectivity index (χ2v) is 3.30. The van der Waals surface area contributed by atoms with Gasteiger partial charge in [0.25, 0.3) is 0 Å². The third-order valence-corrected chi connectivity index (χ3v) is 2.04. The van der Waals surface area contributed by atoms with Crippen molar-refractivity contribution in [1.29, 1.82) is 0 Å². The first-order chi connectivity index (χ1) is 7.88. The van der Waals surface area contributed by atoms with Gasteiger partial charge in [-0.3, -0.25) is 0 Å². The number of rotatable bonds is 2. The summed E-state index contributed by atoms with van der Waals surface area (Å²) < 4.78 is 37.3. The number of fused-ring (bicyclic) bond motifs is 1. The number of alkyl halides is 3. The maximum atomic E-state index is 12.2. The molecule has 0 unspecified atom stereocenters. The first-order valence-corrected chi connectivity index (χ1v) is 4.50. The van der Waals surface area contributed by atoms with Crippen LogP contribution in [0.5, 0.6) is 0 Å². The summed E-state index contributed by atoms with van der Waals surface area (Å²) in [6.07, 6.45) is -3.20. The van der Waals surface area contributed by atoms with Crippen LogP contribution >= 0.6 is 0 Å². The Balaban J connectivity index is 2.61. The molecule has 0 aromatic carbocycles. The summed E-state index contributed by atoms with van der Waals surface area (Å²) in [5, 5.41) is 12.3. The van der Waals surface area contributed by atoms with Crippen molar-refractivity contribution in [2.75, 3.05) is 0 Å². The Morgan fingerprint density at radius 3 is 2.76 bits per heavy atom. The van der Waals surface area contributed by atoms with Crippen molar-refractivity contribution in [2.45, 2.75) is 12.7 Å². The van der Waals surface area contributed by atoms with Gasteiger partial charge in [0, 0.05) is 6.20 Å². The van der Waals surface area contributed by atoms with E-state index < -0.39 is 24.4 Å². The lowest BCUT2D eigenvalue weighted by Gasteiger charge is -2.06. The third kappa shape index (κ3) is 2.19. The summed E-state index contributed by atoms with van der Waals surface area (Å²) in [5.41, 5.74) is -0.528. The Bertz CT molecular complexity index is 576. The fraction of sp³-hybridized carbons (Fsp3) is 0.222. The number of aromatic nitrogens is 3. The molecule has 0 aliphatic rings. The maximum Gasteiger partial charge on any atom is 0.408 e. The summed E-state index contributed by atoms with van der Waals surface area (Å²) in [6.45, 7) is -1.37. The molecule has 8 heteroatoms. The highest BCUT2D eigenvalue weighted by atomic mass is 19.4. The van der Waals surface area contributed by atoms with E-state index in [1.807, 2.05) is 0 Å². The molecule has 0 bridgehead atoms. The standard InChI is InChI=1S/C9H6F3N3O2/c10-9(11,12)4-15-7-5(2-1-3-13-7)6(14-15)8(16)17/h1-3H,4H2,(H,16,17). The number of hydrogen-bond acceptors (Lipinski definition) is 3. The van der Waals surface area contributed by atoms with Gasteiger partial charge in [-0.15, -0.1) is 0 Å². The molecule has 0 fully saturated rings. The lowest BCUT2D eigenvalue weighted by Crippen LogP contribution is -2.19. The van der Waals surface area contributed by atoms with Crippen molar-refractivity contribution in [1.82, 2.24) is 14.8 Å². The lowest BCUT2D eigenvalue weighted by atomic mass is 10.3. The molecule has 0 aliphatic heterocycles. The molecule has 5 nitrogen and oxygen atoms in total. The van der Waals surface area contributed by atoms with Gasteiger partial charge in [0.05, 0.1) is 5.39 Å². The summed E-state index contributed by atoms with van der Waals surface area (Å²) >= 11 is 0. The van der Waals surface area contributed by atoms with Crippen LogP contribution in [0.3, 0.4) is 0 Å². The highest BCUT2D eigenvalue weighted by molar-refractivity contribution is 5.99. The highest BCUT2D eigenvalue weighted by Gasteiger charge is 2.30. The SMILES string of the molecule is O=C(O)c1nn(CC(F)(F)F)c2ncccc12. The second kappa shape index (κ2) is 3.72. The van der Waals surface area contributed by atoms with Crippen molar-refractivity contribution < 1.29 is 23.1 Å². The molecule has 0 saturated carbocycles. The van der Waals surface area contributed by atoms with Crippen LogP contribution in [-0.2, 0) is 6.54 Å². The summed E-state index contributed by atoms with van der Waals surface area (Å²) in [6, 6.07) is 2.81. The lowest BCUT2D eigenvalue weighted by molar-refractivity contribution is -0.142. The van der Waals surface area contributed by atoms with E-state index in [2.05, 4.69) is 10.1 Å². The first-order valence-electron chi connectivity index (χ1n) is 4.50. The molecule has 2 heterocycles. The maximum absolute atomic E-state index is 12.2. The number of pyridine rings is 1. The van der Waals surface area contributed by atoms with E-state index in [9.17, 15) is 18.0 Å². The van der Waals surface area contributed by atoms with Crippen LogP contribution in [0.4, 0.5) is 13.2 Å². The molecule has 0 spiro atoms. The minimum Gasteiger partial charge on any atom is -0.476 e. The van der Waals surface area contributed by atoms with Crippen LogP contribution in [0.2, 0.25) is 0 Å². The number of carboxylic acids is 1. The van der Waals surface area contributed by atoms with Crippen molar-refractivity contribution in [3.63, 3.8) is 0 Å². The monoisotopic (exact) mass is 245 g/mol. The molecule has 2 aromatic rings. The van der Waals surface area contributed by atoms with Crippen LogP contribution in [0, 0.1) is 0 Å². The Morgan fingerprint density at radius 2 is 2.18 bits per heavy atom. The minimum atomic E-state index is -4.48. The van der Waals surface area contributed by atoms with Crippen LogP contribution in [0.15, 0.2) is 18.3 Å². The molecule has 1 N–H and O–H groups in total. The van der Waals surface area contributed by atoms with Crippen LogP contribution in [0.25, 0.3) is 11.0 Å². The molecule has 0 amide bonds. The second-order valence-electron chi connectivity index (χ2n) is 3.30. The molecule has 17 heavy (non-hydrogen) atoms. The van der Waals surface area contributed by atoms with Crippen LogP contribution in [0.1, 0.15) is 10.5 Å². The fourth-order valence-electron chi connectivity index (χ4n) is 1.45. The average molecular weight is 245 g/mol. The summed E-state index contributed by atoms with van der Waals surface area (Å²) in [7, 11) is 0. The Morgan fingerprint density at radius 1 is 1.47 bits per heavy atom. The fourth-order valence-corrected chi connectivity index (χ4v) is 1.45. The molecule has 0 saturated heterocycles. The molecular formula is C9H6F3N3O2. The van der Waals surface area contributed by atoms with Gasteiger partial charge in [0.1, 0.15) is 6.54 Å². The highest BCUT2D eigenvalue weighted by Crippen LogP contribution is 2.22. The van der Waals surface area contributed by atoms with Gasteiger partial charge in [-0.2, -0.15) is 18.3 Å². The van der Waals surface area contributed by atoms with Crippen molar-refractivity contribution in [3.8, 4) is 0 Å². The quantitative estimate of drug-likeness (QED) is 0.874. The number of aromatic carboxylic acids is 1. The van der Waals surface area contributed by atoms with E-state index in [4.69, 9.17) is 5.11 Å². The summed E-state index contributed by atoms with van der Waals surface area (Å²) in [5.74, 6) is -1.39. The van der Waals surface area contributed by atoms with Gasteiger partial charge in [0.15, 0.2) is 11.3 Å². The molecule has 2 rings (SSSR count). The van der Waals surface area contributed by atoms with Gasteiger partial charge >= 0.3 is 12.1 Å².